The summed E-state index contributed by atoms with van der Waals surface area (Å²) in [6, 6.07) is 5.42. The van der Waals surface area contributed by atoms with Crippen LogP contribution >= 0.6 is 11.6 Å². The first-order valence-electron chi connectivity index (χ1n) is 8.32. The van der Waals surface area contributed by atoms with E-state index in [2.05, 4.69) is 15.3 Å². The van der Waals surface area contributed by atoms with E-state index >= 15 is 0 Å². The standard InChI is InChI=1S/C18H20ClN5O2/c1-12-7-13(2)17(14(19)8-12)22-18(26)15-9-16(21-10-20-15)24-5-3-23(11-25)4-6-24/h7-11H,3-6H2,1-2H3,(H,22,26). The first-order chi connectivity index (χ1) is 12.5. The minimum absolute atomic E-state index is 0.267. The van der Waals surface area contributed by atoms with Gasteiger partial charge < -0.3 is 15.1 Å². The van der Waals surface area contributed by atoms with Crippen LogP contribution in [0, 0.1) is 13.8 Å². The zero-order valence-corrected chi connectivity index (χ0v) is 15.5. The van der Waals surface area contributed by atoms with Crippen molar-refractivity contribution >= 4 is 35.4 Å². The molecule has 1 aliphatic heterocycles. The maximum Gasteiger partial charge on any atom is 0.274 e. The Morgan fingerprint density at radius 2 is 1.88 bits per heavy atom. The van der Waals surface area contributed by atoms with Crippen LogP contribution in [-0.4, -0.2) is 53.4 Å². The van der Waals surface area contributed by atoms with Gasteiger partial charge in [-0.25, -0.2) is 9.97 Å². The van der Waals surface area contributed by atoms with E-state index in [1.165, 1.54) is 6.33 Å². The van der Waals surface area contributed by atoms with Crippen LogP contribution < -0.4 is 10.2 Å². The molecule has 1 aromatic heterocycles. The molecule has 1 saturated heterocycles. The van der Waals surface area contributed by atoms with Crippen molar-refractivity contribution in [3.05, 3.63) is 46.4 Å². The summed E-state index contributed by atoms with van der Waals surface area (Å²) in [5, 5.41) is 3.33. The summed E-state index contributed by atoms with van der Waals surface area (Å²) in [5.74, 6) is 0.330. The monoisotopic (exact) mass is 373 g/mol. The van der Waals surface area contributed by atoms with Crippen molar-refractivity contribution in [3.8, 4) is 0 Å². The minimum atomic E-state index is -0.339. The first kappa shape index (κ1) is 18.1. The van der Waals surface area contributed by atoms with E-state index < -0.39 is 0 Å². The van der Waals surface area contributed by atoms with Gasteiger partial charge in [0.2, 0.25) is 6.41 Å². The number of carbonyl (C=O) groups is 2. The molecule has 1 N–H and O–H groups in total. The summed E-state index contributed by atoms with van der Waals surface area (Å²) in [5.41, 5.74) is 2.78. The SMILES string of the molecule is Cc1cc(C)c(NC(=O)c2cc(N3CCN(C=O)CC3)ncn2)c(Cl)c1. The van der Waals surface area contributed by atoms with E-state index in [0.717, 1.165) is 17.5 Å². The highest BCUT2D eigenvalue weighted by atomic mass is 35.5. The van der Waals surface area contributed by atoms with Crippen molar-refractivity contribution in [2.75, 3.05) is 36.4 Å². The van der Waals surface area contributed by atoms with E-state index in [9.17, 15) is 9.59 Å². The third-order valence-electron chi connectivity index (χ3n) is 4.34. The molecule has 0 unspecified atom stereocenters. The number of piperazine rings is 1. The fraction of sp³-hybridized carbons (Fsp3) is 0.333. The Hall–Kier alpha value is -2.67. The Kier molecular flexibility index (Phi) is 5.37. The van der Waals surface area contributed by atoms with Crippen LogP contribution in [0.25, 0.3) is 0 Å². The highest BCUT2D eigenvalue weighted by Crippen LogP contribution is 2.27. The molecule has 0 saturated carbocycles. The topological polar surface area (TPSA) is 78.4 Å². The predicted octanol–water partition coefficient (Wildman–Crippen LogP) is 2.28. The summed E-state index contributed by atoms with van der Waals surface area (Å²) < 4.78 is 0. The van der Waals surface area contributed by atoms with E-state index in [4.69, 9.17) is 11.6 Å². The Bertz CT molecular complexity index is 811. The van der Waals surface area contributed by atoms with Gasteiger partial charge in [0, 0.05) is 32.2 Å². The number of rotatable bonds is 4. The van der Waals surface area contributed by atoms with E-state index in [-0.39, 0.29) is 11.6 Å². The van der Waals surface area contributed by atoms with Crippen LogP contribution in [0.5, 0.6) is 0 Å². The Morgan fingerprint density at radius 3 is 2.54 bits per heavy atom. The maximum absolute atomic E-state index is 12.6. The van der Waals surface area contributed by atoms with Gasteiger partial charge in [-0.1, -0.05) is 17.7 Å². The molecule has 1 aromatic carbocycles. The van der Waals surface area contributed by atoms with Crippen LogP contribution in [0.1, 0.15) is 21.6 Å². The van der Waals surface area contributed by atoms with Crippen LogP contribution in [-0.2, 0) is 4.79 Å². The molecule has 136 valence electrons. The molecular formula is C18H20ClN5O2. The molecule has 0 aliphatic carbocycles. The molecule has 1 fully saturated rings. The molecule has 0 radical (unpaired) electrons. The average molecular weight is 374 g/mol. The number of amides is 2. The van der Waals surface area contributed by atoms with Gasteiger partial charge >= 0.3 is 0 Å². The number of anilines is 2. The second kappa shape index (κ2) is 7.70. The molecule has 2 aromatic rings. The minimum Gasteiger partial charge on any atom is -0.353 e. The fourth-order valence-corrected chi connectivity index (χ4v) is 3.32. The van der Waals surface area contributed by atoms with Gasteiger partial charge in [0.05, 0.1) is 10.7 Å². The van der Waals surface area contributed by atoms with Gasteiger partial charge in [0.1, 0.15) is 17.8 Å². The summed E-state index contributed by atoms with van der Waals surface area (Å²) in [6.45, 7) is 6.44. The molecule has 26 heavy (non-hydrogen) atoms. The number of halogens is 1. The third kappa shape index (κ3) is 3.94. The van der Waals surface area contributed by atoms with Gasteiger partial charge in [-0.2, -0.15) is 0 Å². The lowest BCUT2D eigenvalue weighted by Gasteiger charge is -2.33. The normalized spacial score (nSPS) is 14.3. The summed E-state index contributed by atoms with van der Waals surface area (Å²) in [7, 11) is 0. The molecule has 2 heterocycles. The van der Waals surface area contributed by atoms with Crippen LogP contribution in [0.3, 0.4) is 0 Å². The number of nitrogens with one attached hydrogen (secondary N) is 1. The lowest BCUT2D eigenvalue weighted by molar-refractivity contribution is -0.118. The van der Waals surface area contributed by atoms with Crippen molar-refractivity contribution in [2.45, 2.75) is 13.8 Å². The molecular weight excluding hydrogens is 354 g/mol. The Morgan fingerprint density at radius 1 is 1.15 bits per heavy atom. The van der Waals surface area contributed by atoms with Crippen LogP contribution in [0.4, 0.5) is 11.5 Å². The lowest BCUT2D eigenvalue weighted by Crippen LogP contribution is -2.46. The van der Waals surface area contributed by atoms with E-state index in [1.54, 1.807) is 11.0 Å². The average Bonchev–Trinajstić information content (AvgIpc) is 2.64. The number of aromatic nitrogens is 2. The zero-order valence-electron chi connectivity index (χ0n) is 14.7. The van der Waals surface area contributed by atoms with Gasteiger partial charge in [-0.05, 0) is 31.0 Å². The molecule has 0 spiro atoms. The number of hydrogen-bond acceptors (Lipinski definition) is 5. The van der Waals surface area contributed by atoms with E-state index in [1.807, 2.05) is 30.9 Å². The van der Waals surface area contributed by atoms with Crippen LogP contribution in [0.15, 0.2) is 24.5 Å². The summed E-state index contributed by atoms with van der Waals surface area (Å²) >= 11 is 6.26. The Labute approximate surface area is 157 Å². The number of nitrogens with zero attached hydrogens (tertiary/aromatic N) is 4. The Balaban J connectivity index is 1.76. The second-order valence-electron chi connectivity index (χ2n) is 6.28. The van der Waals surface area contributed by atoms with Gasteiger partial charge in [-0.3, -0.25) is 9.59 Å². The largest absolute Gasteiger partial charge is 0.353 e. The highest BCUT2D eigenvalue weighted by molar-refractivity contribution is 6.34. The molecule has 1 aliphatic rings. The molecule has 0 atom stereocenters. The molecule has 0 bridgehead atoms. The highest BCUT2D eigenvalue weighted by Gasteiger charge is 2.19. The summed E-state index contributed by atoms with van der Waals surface area (Å²) in [4.78, 5) is 35.5. The molecule has 8 heteroatoms. The van der Waals surface area contributed by atoms with Gasteiger partial charge in [0.15, 0.2) is 0 Å². The lowest BCUT2D eigenvalue weighted by atomic mass is 10.1. The van der Waals surface area contributed by atoms with E-state index in [0.29, 0.717) is 42.7 Å². The molecule has 2 amide bonds. The number of hydrogen-bond donors (Lipinski definition) is 1. The van der Waals surface area contributed by atoms with Gasteiger partial charge in [-0.15, -0.1) is 0 Å². The smallest absolute Gasteiger partial charge is 0.274 e. The van der Waals surface area contributed by atoms with Crippen molar-refractivity contribution < 1.29 is 9.59 Å². The second-order valence-corrected chi connectivity index (χ2v) is 6.69. The third-order valence-corrected chi connectivity index (χ3v) is 4.64. The fourth-order valence-electron chi connectivity index (χ4n) is 2.95. The first-order valence-corrected chi connectivity index (χ1v) is 8.70. The molecule has 7 nitrogen and oxygen atoms in total. The van der Waals surface area contributed by atoms with Gasteiger partial charge in [0.25, 0.3) is 5.91 Å². The molecule has 3 rings (SSSR count). The van der Waals surface area contributed by atoms with Crippen LogP contribution in [0.2, 0.25) is 5.02 Å². The van der Waals surface area contributed by atoms with Crippen molar-refractivity contribution in [1.29, 1.82) is 0 Å². The quantitative estimate of drug-likeness (QED) is 0.832. The predicted molar refractivity (Wildman–Crippen MR) is 101 cm³/mol. The number of benzene rings is 1. The number of aryl methyl sites for hydroxylation is 2. The summed E-state index contributed by atoms with van der Waals surface area (Å²) in [6.07, 6.45) is 2.23. The zero-order chi connectivity index (χ0) is 18.7. The number of carbonyl (C=O) groups excluding carboxylic acids is 2. The van der Waals surface area contributed by atoms with Crippen molar-refractivity contribution in [3.63, 3.8) is 0 Å². The van der Waals surface area contributed by atoms with Crippen molar-refractivity contribution in [1.82, 2.24) is 14.9 Å². The maximum atomic E-state index is 12.6. The van der Waals surface area contributed by atoms with Crippen molar-refractivity contribution in [2.24, 2.45) is 0 Å².